The number of halogens is 2. The zero-order valence-corrected chi connectivity index (χ0v) is 16.6. The molecule has 0 saturated carbocycles. The van der Waals surface area contributed by atoms with E-state index in [1.54, 1.807) is 11.6 Å². The van der Waals surface area contributed by atoms with Crippen LogP contribution in [0, 0.1) is 11.6 Å². The lowest BCUT2D eigenvalue weighted by atomic mass is 9.95. The molecule has 8 heteroatoms. The molecule has 1 fully saturated rings. The lowest BCUT2D eigenvalue weighted by molar-refractivity contribution is 0.0705. The van der Waals surface area contributed by atoms with E-state index in [0.29, 0.717) is 38.3 Å². The molecule has 156 valence electrons. The van der Waals surface area contributed by atoms with Crippen LogP contribution in [0.2, 0.25) is 0 Å². The molecule has 1 amide bonds. The summed E-state index contributed by atoms with van der Waals surface area (Å²) in [6.07, 6.45) is 1.18. The normalized spacial score (nSPS) is 14.8. The van der Waals surface area contributed by atoms with Crippen LogP contribution in [0.15, 0.2) is 53.3 Å². The smallest absolute Gasteiger partial charge is 0.339 e. The van der Waals surface area contributed by atoms with Gasteiger partial charge in [-0.05, 0) is 36.6 Å². The predicted octanol–water partition coefficient (Wildman–Crippen LogP) is 2.93. The first-order valence-corrected chi connectivity index (χ1v) is 9.86. The molecule has 2 aromatic carbocycles. The van der Waals surface area contributed by atoms with Gasteiger partial charge in [0, 0.05) is 26.1 Å². The van der Waals surface area contributed by atoms with E-state index >= 15 is 0 Å². The number of aromatic nitrogens is 3. The first-order valence-electron chi connectivity index (χ1n) is 9.86. The van der Waals surface area contributed by atoms with Gasteiger partial charge in [-0.15, -0.1) is 0 Å². The summed E-state index contributed by atoms with van der Waals surface area (Å²) in [4.78, 5) is 26.7. The second-order valence-corrected chi connectivity index (χ2v) is 7.53. The second-order valence-electron chi connectivity index (χ2n) is 7.53. The SMILES string of the molecule is Cn1nc(C2CCN(C(=O)c3cc(F)ccc3F)CC2)n(Cc2ccccc2)c1=O. The molecule has 0 aliphatic carbocycles. The van der Waals surface area contributed by atoms with Crippen LogP contribution in [-0.4, -0.2) is 38.2 Å². The van der Waals surface area contributed by atoms with Crippen LogP contribution in [0.1, 0.15) is 40.5 Å². The molecule has 1 saturated heterocycles. The van der Waals surface area contributed by atoms with E-state index in [9.17, 15) is 18.4 Å². The van der Waals surface area contributed by atoms with Gasteiger partial charge in [0.2, 0.25) is 0 Å². The molecule has 0 radical (unpaired) electrons. The summed E-state index contributed by atoms with van der Waals surface area (Å²) in [6.45, 7) is 1.20. The molecular formula is C22H22F2N4O2. The Morgan fingerprint density at radius 3 is 2.50 bits per heavy atom. The van der Waals surface area contributed by atoms with Crippen molar-refractivity contribution in [3.63, 3.8) is 0 Å². The molecule has 4 rings (SSSR count). The third-order valence-corrected chi connectivity index (χ3v) is 5.53. The second kappa shape index (κ2) is 8.22. The summed E-state index contributed by atoms with van der Waals surface area (Å²) in [5, 5.41) is 4.44. The van der Waals surface area contributed by atoms with Gasteiger partial charge in [0.1, 0.15) is 17.5 Å². The number of piperidine rings is 1. The molecule has 0 unspecified atom stereocenters. The number of carbonyl (C=O) groups is 1. The van der Waals surface area contributed by atoms with E-state index in [1.807, 2.05) is 30.3 Å². The molecular weight excluding hydrogens is 390 g/mol. The van der Waals surface area contributed by atoms with E-state index in [-0.39, 0.29) is 17.2 Å². The van der Waals surface area contributed by atoms with Crippen LogP contribution < -0.4 is 5.69 Å². The van der Waals surface area contributed by atoms with Crippen molar-refractivity contribution in [2.75, 3.05) is 13.1 Å². The summed E-state index contributed by atoms with van der Waals surface area (Å²) in [7, 11) is 1.62. The Bertz CT molecular complexity index is 1120. The highest BCUT2D eigenvalue weighted by molar-refractivity contribution is 5.94. The summed E-state index contributed by atoms with van der Waals surface area (Å²) in [5.41, 5.74) is 0.560. The van der Waals surface area contributed by atoms with Crippen molar-refractivity contribution in [1.82, 2.24) is 19.2 Å². The molecule has 1 aliphatic rings. The Morgan fingerprint density at radius 1 is 1.10 bits per heavy atom. The number of rotatable bonds is 4. The quantitative estimate of drug-likeness (QED) is 0.662. The van der Waals surface area contributed by atoms with Gasteiger partial charge < -0.3 is 4.90 Å². The van der Waals surface area contributed by atoms with Crippen molar-refractivity contribution < 1.29 is 13.6 Å². The molecule has 1 aromatic heterocycles. The largest absolute Gasteiger partial charge is 0.345 e. The molecule has 1 aliphatic heterocycles. The van der Waals surface area contributed by atoms with Crippen molar-refractivity contribution in [3.8, 4) is 0 Å². The molecule has 2 heterocycles. The maximum atomic E-state index is 14.0. The van der Waals surface area contributed by atoms with E-state index < -0.39 is 17.5 Å². The number of aryl methyl sites for hydroxylation is 1. The highest BCUT2D eigenvalue weighted by Gasteiger charge is 2.29. The summed E-state index contributed by atoms with van der Waals surface area (Å²) in [6, 6.07) is 12.6. The van der Waals surface area contributed by atoms with Gasteiger partial charge in [0.15, 0.2) is 0 Å². The van der Waals surface area contributed by atoms with Crippen LogP contribution in [0.3, 0.4) is 0 Å². The number of hydrogen-bond donors (Lipinski definition) is 0. The third-order valence-electron chi connectivity index (χ3n) is 5.53. The number of nitrogens with zero attached hydrogens (tertiary/aromatic N) is 4. The molecule has 3 aromatic rings. The Morgan fingerprint density at radius 2 is 1.80 bits per heavy atom. The van der Waals surface area contributed by atoms with Gasteiger partial charge in [-0.25, -0.2) is 18.3 Å². The van der Waals surface area contributed by atoms with Gasteiger partial charge in [0.25, 0.3) is 5.91 Å². The minimum Gasteiger partial charge on any atom is -0.339 e. The Kier molecular flexibility index (Phi) is 5.48. The van der Waals surface area contributed by atoms with E-state index in [0.717, 1.165) is 23.8 Å². The van der Waals surface area contributed by atoms with Crippen LogP contribution in [0.4, 0.5) is 8.78 Å². The highest BCUT2D eigenvalue weighted by Crippen LogP contribution is 2.27. The van der Waals surface area contributed by atoms with Crippen molar-refractivity contribution in [2.24, 2.45) is 7.05 Å². The number of carbonyl (C=O) groups excluding carboxylic acids is 1. The average molecular weight is 412 g/mol. The van der Waals surface area contributed by atoms with E-state index in [4.69, 9.17) is 0 Å². The summed E-state index contributed by atoms with van der Waals surface area (Å²) in [5.74, 6) is -1.20. The highest BCUT2D eigenvalue weighted by atomic mass is 19.1. The van der Waals surface area contributed by atoms with E-state index in [2.05, 4.69) is 5.10 Å². The fourth-order valence-electron chi connectivity index (χ4n) is 3.91. The minimum atomic E-state index is -0.732. The van der Waals surface area contributed by atoms with Crippen molar-refractivity contribution in [2.45, 2.75) is 25.3 Å². The van der Waals surface area contributed by atoms with Gasteiger partial charge in [-0.2, -0.15) is 5.10 Å². The topological polar surface area (TPSA) is 60.1 Å². The number of benzene rings is 2. The van der Waals surface area contributed by atoms with E-state index in [1.165, 1.54) is 9.58 Å². The molecule has 0 bridgehead atoms. The first kappa shape index (κ1) is 20.0. The minimum absolute atomic E-state index is 0.00372. The summed E-state index contributed by atoms with van der Waals surface area (Å²) >= 11 is 0. The number of hydrogen-bond acceptors (Lipinski definition) is 3. The van der Waals surface area contributed by atoms with Crippen LogP contribution >= 0.6 is 0 Å². The van der Waals surface area contributed by atoms with Crippen LogP contribution in [-0.2, 0) is 13.6 Å². The fourth-order valence-corrected chi connectivity index (χ4v) is 3.91. The molecule has 0 N–H and O–H groups in total. The van der Waals surface area contributed by atoms with Gasteiger partial charge in [0.05, 0.1) is 12.1 Å². The monoisotopic (exact) mass is 412 g/mol. The number of amides is 1. The van der Waals surface area contributed by atoms with Gasteiger partial charge in [-0.3, -0.25) is 9.36 Å². The fraction of sp³-hybridized carbons (Fsp3) is 0.318. The average Bonchev–Trinajstić information content (AvgIpc) is 3.04. The Balaban J connectivity index is 1.51. The van der Waals surface area contributed by atoms with Crippen LogP contribution in [0.5, 0.6) is 0 Å². The third kappa shape index (κ3) is 3.90. The molecule has 0 spiro atoms. The first-order chi connectivity index (χ1) is 14.4. The van der Waals surface area contributed by atoms with Crippen molar-refractivity contribution >= 4 is 5.91 Å². The van der Waals surface area contributed by atoms with Crippen molar-refractivity contribution in [3.05, 3.63) is 87.6 Å². The van der Waals surface area contributed by atoms with Crippen LogP contribution in [0.25, 0.3) is 0 Å². The Labute approximate surface area is 172 Å². The maximum Gasteiger partial charge on any atom is 0.345 e. The van der Waals surface area contributed by atoms with Crippen molar-refractivity contribution in [1.29, 1.82) is 0 Å². The zero-order chi connectivity index (χ0) is 21.3. The zero-order valence-electron chi connectivity index (χ0n) is 16.6. The lowest BCUT2D eigenvalue weighted by Gasteiger charge is -2.31. The summed E-state index contributed by atoms with van der Waals surface area (Å²) < 4.78 is 30.4. The maximum absolute atomic E-state index is 14.0. The molecule has 0 atom stereocenters. The Hall–Kier alpha value is -3.29. The molecule has 30 heavy (non-hydrogen) atoms. The van der Waals surface area contributed by atoms with Gasteiger partial charge in [-0.1, -0.05) is 30.3 Å². The standard InChI is InChI=1S/C22H22F2N4O2/c1-26-22(30)28(14-15-5-3-2-4-6-15)20(25-26)16-9-11-27(12-10-16)21(29)18-13-17(23)7-8-19(18)24/h2-8,13,16H,9-12,14H2,1H3. The lowest BCUT2D eigenvalue weighted by Crippen LogP contribution is -2.39. The molecule has 6 nitrogen and oxygen atoms in total. The predicted molar refractivity (Wildman–Crippen MR) is 107 cm³/mol. The van der Waals surface area contributed by atoms with Gasteiger partial charge >= 0.3 is 5.69 Å². The number of likely N-dealkylation sites (tertiary alicyclic amines) is 1.